The number of hydrogen-bond acceptors (Lipinski definition) is 7. The zero-order valence-electron chi connectivity index (χ0n) is 38.1. The third-order valence-corrected chi connectivity index (χ3v) is 17.1. The number of hydrogen-bond donors (Lipinski definition) is 1. The number of fused-ring (bicyclic) bond motifs is 7. The van der Waals surface area contributed by atoms with E-state index in [9.17, 15) is 19.5 Å². The van der Waals surface area contributed by atoms with Crippen LogP contribution in [0.15, 0.2) is 39.0 Å². The first-order chi connectivity index (χ1) is 27.2. The highest BCUT2D eigenvalue weighted by molar-refractivity contribution is 5.81. The van der Waals surface area contributed by atoms with Crippen LogP contribution in [0.25, 0.3) is 0 Å². The van der Waals surface area contributed by atoms with Crippen LogP contribution in [0.1, 0.15) is 145 Å². The number of rotatable bonds is 14. The minimum atomic E-state index is -1.14. The summed E-state index contributed by atoms with van der Waals surface area (Å²) in [5.74, 6) is 1.58. The molecule has 0 radical (unpaired) electrons. The van der Waals surface area contributed by atoms with E-state index >= 15 is 0 Å². The highest BCUT2D eigenvalue weighted by atomic mass is 16.5. The minimum Gasteiger partial charge on any atom is -0.500 e. The van der Waals surface area contributed by atoms with Crippen LogP contribution in [0.3, 0.4) is 0 Å². The Balaban J connectivity index is 1.31. The van der Waals surface area contributed by atoms with Gasteiger partial charge in [0.25, 0.3) is 5.56 Å². The van der Waals surface area contributed by atoms with Gasteiger partial charge in [-0.2, -0.15) is 0 Å². The van der Waals surface area contributed by atoms with E-state index in [0.29, 0.717) is 36.6 Å². The average Bonchev–Trinajstić information content (AvgIpc) is 3.70. The summed E-state index contributed by atoms with van der Waals surface area (Å²) in [4.78, 5) is 45.6. The summed E-state index contributed by atoms with van der Waals surface area (Å²) < 4.78 is 15.7. The van der Waals surface area contributed by atoms with E-state index in [4.69, 9.17) is 9.47 Å². The molecule has 5 aliphatic rings. The van der Waals surface area contributed by atoms with Gasteiger partial charge in [0.2, 0.25) is 0 Å². The predicted octanol–water partition coefficient (Wildman–Crippen LogP) is 9.26. The lowest BCUT2D eigenvalue weighted by atomic mass is 9.34. The number of carbonyl (C=O) groups is 2. The van der Waals surface area contributed by atoms with E-state index in [1.54, 1.807) is 38.3 Å². The number of nitrogens with zero attached hydrogens (tertiary/aromatic N) is 4. The predicted molar refractivity (Wildman–Crippen MR) is 231 cm³/mol. The van der Waals surface area contributed by atoms with Crippen LogP contribution in [0, 0.1) is 51.2 Å². The standard InChI is InChI=1S/C48H76N4O6/c1-31(2)34-16-21-48(39-28-40(53)52(51(39)27-26-50(10)11)25-13-24-49-30-32(3)57-12)23-22-46(8)36(42(34)48)14-15-38-45(7)19-18-37(33(4)35(45)17-20-47(38,46)9)58-41(54)29-44(5,6)43(55)56/h24,28,30-31,33,35-38H,13-23,25-27,29H2,1-12H3,(H,55,56)/b32-30+,49-24?/t33?,35?,36?,37?,38?,45?,46-,47?,48?/m1/s1. The van der Waals surface area contributed by atoms with Crippen molar-refractivity contribution in [1.82, 2.24) is 14.3 Å². The first kappa shape index (κ1) is 44.4. The summed E-state index contributed by atoms with van der Waals surface area (Å²) in [7, 11) is 5.87. The van der Waals surface area contributed by atoms with Gasteiger partial charge in [0.15, 0.2) is 0 Å². The first-order valence-corrected chi connectivity index (χ1v) is 22.5. The summed E-state index contributed by atoms with van der Waals surface area (Å²) in [6.45, 7) is 22.2. The molecule has 1 aromatic rings. The number of methoxy groups -OCH3 is 1. The number of esters is 1. The molecular weight excluding hydrogens is 729 g/mol. The molecule has 324 valence electrons. The first-order valence-electron chi connectivity index (χ1n) is 22.5. The molecule has 10 heteroatoms. The van der Waals surface area contributed by atoms with Crippen LogP contribution in [-0.2, 0) is 37.6 Å². The molecular formula is C48H76N4O6. The Morgan fingerprint density at radius 3 is 2.40 bits per heavy atom. The Labute approximate surface area is 348 Å². The third-order valence-electron chi connectivity index (χ3n) is 17.1. The number of likely N-dealkylation sites (N-methyl/N-ethyl adjacent to an activating group) is 1. The average molecular weight is 805 g/mol. The van der Waals surface area contributed by atoms with Gasteiger partial charge in [0.05, 0.1) is 37.4 Å². The topological polar surface area (TPSA) is 115 Å². The van der Waals surface area contributed by atoms with E-state index in [2.05, 4.69) is 70.2 Å². The SMILES string of the molecule is CO/C(C)=C/N=CCCn1c(=O)cc(C23CCC(C(C)C)=C2C2CCC4C5(C)CCC(OC(=O)CC(C)(C)C(=O)O)C(C)C5CCC4(C)[C@]2(C)CC3)n1CCN(C)C. The molecule has 0 amide bonds. The van der Waals surface area contributed by atoms with Gasteiger partial charge in [0, 0.05) is 37.2 Å². The lowest BCUT2D eigenvalue weighted by Gasteiger charge is -2.71. The third kappa shape index (κ3) is 7.48. The molecule has 8 unspecified atom stereocenters. The molecule has 4 saturated carbocycles. The smallest absolute Gasteiger partial charge is 0.309 e. The van der Waals surface area contributed by atoms with Crippen molar-refractivity contribution in [3.8, 4) is 0 Å². The van der Waals surface area contributed by atoms with Crippen molar-refractivity contribution < 1.29 is 24.2 Å². The Kier molecular flexibility index (Phi) is 12.5. The van der Waals surface area contributed by atoms with E-state index < -0.39 is 11.4 Å². The minimum absolute atomic E-state index is 0.0914. The number of aliphatic imine (C=N–C) groups is 1. The highest BCUT2D eigenvalue weighted by Gasteiger charge is 2.69. The van der Waals surface area contributed by atoms with Gasteiger partial charge >= 0.3 is 11.9 Å². The van der Waals surface area contributed by atoms with Crippen molar-refractivity contribution in [2.45, 2.75) is 164 Å². The second-order valence-electron chi connectivity index (χ2n) is 21.1. The van der Waals surface area contributed by atoms with Crippen molar-refractivity contribution in [2.24, 2.45) is 56.2 Å². The molecule has 1 heterocycles. The molecule has 9 atom stereocenters. The molecule has 4 fully saturated rings. The Morgan fingerprint density at radius 1 is 1.02 bits per heavy atom. The number of carbonyl (C=O) groups excluding carboxylic acids is 1. The van der Waals surface area contributed by atoms with Crippen molar-refractivity contribution in [3.63, 3.8) is 0 Å². The normalized spacial score (nSPS) is 35.2. The summed E-state index contributed by atoms with van der Waals surface area (Å²) in [5, 5.41) is 9.63. The number of aromatic nitrogens is 2. The molecule has 6 rings (SSSR count). The van der Waals surface area contributed by atoms with Gasteiger partial charge in [-0.3, -0.25) is 28.7 Å². The van der Waals surface area contributed by atoms with Crippen LogP contribution in [0.2, 0.25) is 0 Å². The second kappa shape index (κ2) is 16.4. The summed E-state index contributed by atoms with van der Waals surface area (Å²) in [6, 6.07) is 2.02. The number of allylic oxidation sites excluding steroid dienone is 3. The zero-order chi connectivity index (χ0) is 42.6. The van der Waals surface area contributed by atoms with E-state index in [1.165, 1.54) is 25.0 Å². The highest BCUT2D eigenvalue weighted by Crippen LogP contribution is 2.76. The maximum atomic E-state index is 14.1. The van der Waals surface area contributed by atoms with E-state index in [1.807, 2.05) is 23.9 Å². The molecule has 0 saturated heterocycles. The van der Waals surface area contributed by atoms with Crippen molar-refractivity contribution >= 4 is 18.2 Å². The summed E-state index contributed by atoms with van der Waals surface area (Å²) in [6.07, 6.45) is 14.9. The number of ether oxygens (including phenoxy) is 2. The molecule has 0 aromatic carbocycles. The largest absolute Gasteiger partial charge is 0.500 e. The molecule has 1 N–H and O–H groups in total. The molecule has 5 aliphatic carbocycles. The van der Waals surface area contributed by atoms with E-state index in [0.717, 1.165) is 63.8 Å². The monoisotopic (exact) mass is 805 g/mol. The van der Waals surface area contributed by atoms with Gasteiger partial charge in [-0.15, -0.1) is 0 Å². The van der Waals surface area contributed by atoms with Gasteiger partial charge in [-0.1, -0.05) is 52.7 Å². The molecule has 1 aromatic heterocycles. The van der Waals surface area contributed by atoms with Crippen LogP contribution in [0.5, 0.6) is 0 Å². The molecule has 10 nitrogen and oxygen atoms in total. The van der Waals surface area contributed by atoms with Crippen LogP contribution >= 0.6 is 0 Å². The lowest BCUT2D eigenvalue weighted by molar-refractivity contribution is -0.214. The Morgan fingerprint density at radius 2 is 1.74 bits per heavy atom. The van der Waals surface area contributed by atoms with Crippen LogP contribution in [-0.4, -0.2) is 71.4 Å². The number of carboxylic acids is 1. The molecule has 0 spiro atoms. The van der Waals surface area contributed by atoms with Gasteiger partial charge in [-0.05, 0) is 145 Å². The zero-order valence-corrected chi connectivity index (χ0v) is 38.1. The number of carboxylic acid groups (broad SMARTS) is 1. The van der Waals surface area contributed by atoms with Gasteiger partial charge in [-0.25, -0.2) is 0 Å². The fourth-order valence-corrected chi connectivity index (χ4v) is 13.6. The fourth-order valence-electron chi connectivity index (χ4n) is 13.6. The van der Waals surface area contributed by atoms with Crippen LogP contribution in [0.4, 0.5) is 0 Å². The quantitative estimate of drug-likeness (QED) is 0.0863. The number of aliphatic carboxylic acids is 1. The maximum absolute atomic E-state index is 14.1. The molecule has 0 aliphatic heterocycles. The molecule has 0 bridgehead atoms. The summed E-state index contributed by atoms with van der Waals surface area (Å²) >= 11 is 0. The van der Waals surface area contributed by atoms with Crippen LogP contribution < -0.4 is 5.56 Å². The summed E-state index contributed by atoms with van der Waals surface area (Å²) in [5.41, 5.74) is 3.81. The van der Waals surface area contributed by atoms with E-state index in [-0.39, 0.29) is 51.6 Å². The Hall–Kier alpha value is -3.14. The lowest BCUT2D eigenvalue weighted by Crippen LogP contribution is -2.64. The van der Waals surface area contributed by atoms with Crippen molar-refractivity contribution in [3.05, 3.63) is 45.2 Å². The van der Waals surface area contributed by atoms with Crippen molar-refractivity contribution in [1.29, 1.82) is 0 Å². The molecule has 58 heavy (non-hydrogen) atoms. The second-order valence-corrected chi connectivity index (χ2v) is 21.1. The van der Waals surface area contributed by atoms with Crippen molar-refractivity contribution in [2.75, 3.05) is 27.7 Å². The maximum Gasteiger partial charge on any atom is 0.309 e. The Bertz CT molecular complexity index is 1870. The van der Waals surface area contributed by atoms with Gasteiger partial charge < -0.3 is 19.5 Å². The van der Waals surface area contributed by atoms with Gasteiger partial charge in [0.1, 0.15) is 11.9 Å². The fraction of sp³-hybridized carbons (Fsp3) is 0.792.